The van der Waals surface area contributed by atoms with E-state index in [1.807, 2.05) is 23.1 Å². The van der Waals surface area contributed by atoms with Crippen LogP contribution >= 0.6 is 27.7 Å². The molecule has 1 aromatic heterocycles. The van der Waals surface area contributed by atoms with Gasteiger partial charge in [-0.25, -0.2) is 4.98 Å². The second-order valence-electron chi connectivity index (χ2n) is 6.76. The molecular formula is C19H20BrN3O3S. The molecule has 2 heterocycles. The van der Waals surface area contributed by atoms with Gasteiger partial charge < -0.3 is 9.64 Å². The lowest BCUT2D eigenvalue weighted by atomic mass is 10.2. The quantitative estimate of drug-likeness (QED) is 0.701. The van der Waals surface area contributed by atoms with Crippen molar-refractivity contribution in [2.75, 3.05) is 19.4 Å². The number of thioether (sulfide) groups is 1. The molecule has 1 aliphatic carbocycles. The van der Waals surface area contributed by atoms with Crippen molar-refractivity contribution in [2.45, 2.75) is 30.7 Å². The van der Waals surface area contributed by atoms with Gasteiger partial charge in [-0.2, -0.15) is 0 Å². The highest BCUT2D eigenvalue weighted by Gasteiger charge is 2.31. The summed E-state index contributed by atoms with van der Waals surface area (Å²) in [5.41, 5.74) is 1.73. The lowest BCUT2D eigenvalue weighted by Gasteiger charge is -2.25. The van der Waals surface area contributed by atoms with E-state index in [9.17, 15) is 9.59 Å². The number of carbonyl (C=O) groups is 1. The summed E-state index contributed by atoms with van der Waals surface area (Å²) in [4.78, 5) is 31.4. The van der Waals surface area contributed by atoms with E-state index in [0.717, 1.165) is 40.1 Å². The molecule has 1 amide bonds. The SMILES string of the molecule is COc1ccc(C2SCCN2C(=O)Cn2cnc(C3CC3)cc2=O)cc1Br. The van der Waals surface area contributed by atoms with Crippen molar-refractivity contribution in [2.24, 2.45) is 0 Å². The van der Waals surface area contributed by atoms with Gasteiger partial charge in [0.1, 0.15) is 17.7 Å². The highest BCUT2D eigenvalue weighted by atomic mass is 79.9. The smallest absolute Gasteiger partial charge is 0.254 e. The number of ether oxygens (including phenoxy) is 1. The zero-order chi connectivity index (χ0) is 19.0. The van der Waals surface area contributed by atoms with Crippen molar-refractivity contribution in [3.63, 3.8) is 0 Å². The van der Waals surface area contributed by atoms with E-state index in [-0.39, 0.29) is 23.4 Å². The average Bonchev–Trinajstić information content (AvgIpc) is 3.39. The van der Waals surface area contributed by atoms with E-state index >= 15 is 0 Å². The van der Waals surface area contributed by atoms with Gasteiger partial charge in [0, 0.05) is 24.3 Å². The lowest BCUT2D eigenvalue weighted by Crippen LogP contribution is -2.36. The van der Waals surface area contributed by atoms with Crippen LogP contribution in [0.5, 0.6) is 5.75 Å². The molecule has 2 aromatic rings. The molecule has 1 saturated heterocycles. The summed E-state index contributed by atoms with van der Waals surface area (Å²) in [6, 6.07) is 7.43. The van der Waals surface area contributed by atoms with Gasteiger partial charge in [-0.15, -0.1) is 11.8 Å². The molecule has 27 heavy (non-hydrogen) atoms. The molecule has 0 spiro atoms. The number of rotatable bonds is 5. The van der Waals surface area contributed by atoms with Gasteiger partial charge in [0.05, 0.1) is 23.6 Å². The fourth-order valence-electron chi connectivity index (χ4n) is 3.24. The predicted octanol–water partition coefficient (Wildman–Crippen LogP) is 3.17. The Hall–Kier alpha value is -1.80. The van der Waals surface area contributed by atoms with Crippen LogP contribution in [-0.2, 0) is 11.3 Å². The van der Waals surface area contributed by atoms with Crippen LogP contribution in [0.15, 0.2) is 39.9 Å². The average molecular weight is 450 g/mol. The Bertz CT molecular complexity index is 929. The van der Waals surface area contributed by atoms with Crippen LogP contribution in [0.4, 0.5) is 0 Å². The fraction of sp³-hybridized carbons (Fsp3) is 0.421. The minimum Gasteiger partial charge on any atom is -0.496 e. The third kappa shape index (κ3) is 3.91. The van der Waals surface area contributed by atoms with Gasteiger partial charge in [0.2, 0.25) is 5.91 Å². The topological polar surface area (TPSA) is 64.4 Å². The van der Waals surface area contributed by atoms with Gasteiger partial charge in [-0.05, 0) is 46.5 Å². The molecule has 0 N–H and O–H groups in total. The number of aromatic nitrogens is 2. The van der Waals surface area contributed by atoms with Crippen LogP contribution < -0.4 is 10.3 Å². The van der Waals surface area contributed by atoms with E-state index in [2.05, 4.69) is 20.9 Å². The normalized spacial score (nSPS) is 19.3. The molecule has 0 radical (unpaired) electrons. The molecule has 1 atom stereocenters. The minimum atomic E-state index is -0.157. The molecule has 6 nitrogen and oxygen atoms in total. The van der Waals surface area contributed by atoms with Crippen molar-refractivity contribution in [1.29, 1.82) is 0 Å². The van der Waals surface area contributed by atoms with Gasteiger partial charge in [-0.1, -0.05) is 6.07 Å². The molecule has 1 saturated carbocycles. The first-order chi connectivity index (χ1) is 13.1. The van der Waals surface area contributed by atoms with Gasteiger partial charge >= 0.3 is 0 Å². The van der Waals surface area contributed by atoms with Crippen LogP contribution in [0, 0.1) is 0 Å². The third-order valence-electron chi connectivity index (χ3n) is 4.87. The van der Waals surface area contributed by atoms with Crippen LogP contribution in [0.25, 0.3) is 0 Å². The maximum absolute atomic E-state index is 12.9. The molecule has 4 rings (SSSR count). The maximum atomic E-state index is 12.9. The number of methoxy groups -OCH3 is 1. The van der Waals surface area contributed by atoms with E-state index in [1.54, 1.807) is 24.9 Å². The highest BCUT2D eigenvalue weighted by Crippen LogP contribution is 2.40. The zero-order valence-corrected chi connectivity index (χ0v) is 17.3. The van der Waals surface area contributed by atoms with Crippen LogP contribution in [-0.4, -0.2) is 39.8 Å². The first kappa shape index (κ1) is 18.6. The first-order valence-corrected chi connectivity index (χ1v) is 10.7. The van der Waals surface area contributed by atoms with Gasteiger partial charge in [-0.3, -0.25) is 14.2 Å². The maximum Gasteiger partial charge on any atom is 0.254 e. The summed E-state index contributed by atoms with van der Waals surface area (Å²) in [7, 11) is 1.63. The summed E-state index contributed by atoms with van der Waals surface area (Å²) in [5.74, 6) is 1.98. The van der Waals surface area contributed by atoms with E-state index in [4.69, 9.17) is 4.74 Å². The summed E-state index contributed by atoms with van der Waals surface area (Å²) in [6.07, 6.45) is 3.70. The Morgan fingerprint density at radius 1 is 1.37 bits per heavy atom. The number of benzene rings is 1. The number of carbonyl (C=O) groups excluding carboxylic acids is 1. The monoisotopic (exact) mass is 449 g/mol. The number of hydrogen-bond acceptors (Lipinski definition) is 5. The van der Waals surface area contributed by atoms with Gasteiger partial charge in [0.25, 0.3) is 5.56 Å². The number of nitrogens with zero attached hydrogens (tertiary/aromatic N) is 3. The Morgan fingerprint density at radius 2 is 2.19 bits per heavy atom. The summed E-state index contributed by atoms with van der Waals surface area (Å²) in [6.45, 7) is 0.686. The molecule has 142 valence electrons. The van der Waals surface area contributed by atoms with E-state index in [0.29, 0.717) is 12.5 Å². The predicted molar refractivity (Wildman–Crippen MR) is 108 cm³/mol. The molecule has 0 bridgehead atoms. The van der Waals surface area contributed by atoms with Crippen molar-refractivity contribution < 1.29 is 9.53 Å². The third-order valence-corrected chi connectivity index (χ3v) is 6.75. The Balaban J connectivity index is 1.51. The summed E-state index contributed by atoms with van der Waals surface area (Å²) >= 11 is 5.23. The molecular weight excluding hydrogens is 430 g/mol. The van der Waals surface area contributed by atoms with E-state index in [1.165, 1.54) is 10.9 Å². The number of amides is 1. The summed E-state index contributed by atoms with van der Waals surface area (Å²) < 4.78 is 7.54. The second kappa shape index (κ2) is 7.67. The van der Waals surface area contributed by atoms with Crippen molar-refractivity contribution in [3.8, 4) is 5.75 Å². The van der Waals surface area contributed by atoms with Crippen LogP contribution in [0.1, 0.15) is 35.4 Å². The van der Waals surface area contributed by atoms with Crippen molar-refractivity contribution >= 4 is 33.6 Å². The Labute approximate surface area is 170 Å². The molecule has 2 aliphatic rings. The second-order valence-corrected chi connectivity index (χ2v) is 8.80. The van der Waals surface area contributed by atoms with Crippen molar-refractivity contribution in [3.05, 3.63) is 56.7 Å². The highest BCUT2D eigenvalue weighted by molar-refractivity contribution is 9.10. The Morgan fingerprint density at radius 3 is 2.85 bits per heavy atom. The zero-order valence-electron chi connectivity index (χ0n) is 14.9. The fourth-order valence-corrected chi connectivity index (χ4v) is 5.06. The van der Waals surface area contributed by atoms with Crippen molar-refractivity contribution in [1.82, 2.24) is 14.5 Å². The van der Waals surface area contributed by atoms with E-state index < -0.39 is 0 Å². The standard InChI is InChI=1S/C19H20BrN3O3S/c1-26-16-5-4-13(8-14(16)20)19-23(6-7-27-19)18(25)10-22-11-21-15(9-17(22)24)12-2-3-12/h4-5,8-9,11-12,19H,2-3,6-7,10H2,1H3. The van der Waals surface area contributed by atoms with Crippen LogP contribution in [0.3, 0.4) is 0 Å². The molecule has 1 aromatic carbocycles. The molecule has 1 unspecified atom stereocenters. The number of hydrogen-bond donors (Lipinski definition) is 0. The number of halogens is 1. The minimum absolute atomic E-state index is 0.0190. The molecule has 2 fully saturated rings. The largest absolute Gasteiger partial charge is 0.496 e. The Kier molecular flexibility index (Phi) is 5.27. The lowest BCUT2D eigenvalue weighted by molar-refractivity contribution is -0.132. The summed E-state index contributed by atoms with van der Waals surface area (Å²) in [5, 5.41) is -0.0610. The van der Waals surface area contributed by atoms with Gasteiger partial charge in [0.15, 0.2) is 0 Å². The first-order valence-electron chi connectivity index (χ1n) is 8.87. The van der Waals surface area contributed by atoms with Crippen LogP contribution in [0.2, 0.25) is 0 Å². The molecule has 1 aliphatic heterocycles. The molecule has 8 heteroatoms.